The number of nitrogens with zero attached hydrogens (tertiary/aromatic N) is 5. The minimum Gasteiger partial charge on any atom is -0.481 e. The Morgan fingerprint density at radius 3 is 2.87 bits per heavy atom. The molecular formula is C17H23N5O. The summed E-state index contributed by atoms with van der Waals surface area (Å²) in [6.45, 7) is 0.968. The zero-order valence-corrected chi connectivity index (χ0v) is 13.8. The first-order valence-corrected chi connectivity index (χ1v) is 8.46. The average molecular weight is 313 g/mol. The molecule has 4 rings (SSSR count). The second-order valence-electron chi connectivity index (χ2n) is 6.38. The van der Waals surface area contributed by atoms with Crippen molar-refractivity contribution in [1.29, 1.82) is 0 Å². The van der Waals surface area contributed by atoms with Gasteiger partial charge in [-0.1, -0.05) is 0 Å². The van der Waals surface area contributed by atoms with Gasteiger partial charge in [-0.3, -0.25) is 0 Å². The number of imidazole rings is 1. The molecule has 0 aromatic carbocycles. The number of aryl methyl sites for hydroxylation is 1. The quantitative estimate of drug-likeness (QED) is 0.871. The van der Waals surface area contributed by atoms with Crippen LogP contribution < -0.4 is 9.64 Å². The molecule has 2 aromatic heterocycles. The summed E-state index contributed by atoms with van der Waals surface area (Å²) in [5.41, 5.74) is 2.72. The normalized spacial score (nSPS) is 20.6. The van der Waals surface area contributed by atoms with Crippen LogP contribution in [0.25, 0.3) is 0 Å². The van der Waals surface area contributed by atoms with E-state index in [4.69, 9.17) is 9.72 Å². The van der Waals surface area contributed by atoms with Gasteiger partial charge in [-0.2, -0.15) is 4.98 Å². The maximum atomic E-state index is 5.25. The van der Waals surface area contributed by atoms with Crippen LogP contribution in [0.2, 0.25) is 0 Å². The molecule has 0 spiro atoms. The molecule has 2 aliphatic rings. The van der Waals surface area contributed by atoms with Gasteiger partial charge in [0, 0.05) is 31.5 Å². The standard InChI is InChI=1S/C17H23N5O/c1-21-13-7-4-3-6-12(13)19-16(21)14-8-5-11-22(14)17-18-10-9-15(20-17)23-2/h9-10,14H,3-8,11H2,1-2H3. The number of fused-ring (bicyclic) bond motifs is 1. The highest BCUT2D eigenvalue weighted by atomic mass is 16.5. The van der Waals surface area contributed by atoms with Crippen LogP contribution in [0.3, 0.4) is 0 Å². The Morgan fingerprint density at radius 1 is 1.17 bits per heavy atom. The van der Waals surface area contributed by atoms with Gasteiger partial charge in [0.2, 0.25) is 11.8 Å². The van der Waals surface area contributed by atoms with E-state index in [0.29, 0.717) is 5.88 Å². The molecule has 122 valence electrons. The van der Waals surface area contributed by atoms with Gasteiger partial charge in [-0.25, -0.2) is 9.97 Å². The van der Waals surface area contributed by atoms with Gasteiger partial charge in [-0.15, -0.1) is 0 Å². The van der Waals surface area contributed by atoms with Gasteiger partial charge in [0.05, 0.1) is 18.8 Å². The SMILES string of the molecule is COc1ccnc(N2CCCC2c2nc3c(n2C)CCCC3)n1. The summed E-state index contributed by atoms with van der Waals surface area (Å²) in [5, 5.41) is 0. The van der Waals surface area contributed by atoms with Crippen LogP contribution in [-0.2, 0) is 19.9 Å². The maximum Gasteiger partial charge on any atom is 0.229 e. The topological polar surface area (TPSA) is 56.1 Å². The van der Waals surface area contributed by atoms with Crippen LogP contribution in [0.1, 0.15) is 48.9 Å². The summed E-state index contributed by atoms with van der Waals surface area (Å²) < 4.78 is 7.56. The lowest BCUT2D eigenvalue weighted by molar-refractivity contribution is 0.396. The number of methoxy groups -OCH3 is 1. The highest BCUT2D eigenvalue weighted by Crippen LogP contribution is 2.36. The third kappa shape index (κ3) is 2.46. The van der Waals surface area contributed by atoms with Gasteiger partial charge < -0.3 is 14.2 Å². The Morgan fingerprint density at radius 2 is 2.04 bits per heavy atom. The molecule has 0 radical (unpaired) electrons. The van der Waals surface area contributed by atoms with Crippen LogP contribution in [0.5, 0.6) is 5.88 Å². The number of ether oxygens (including phenoxy) is 1. The predicted molar refractivity (Wildman–Crippen MR) is 87.8 cm³/mol. The molecule has 0 saturated carbocycles. The zero-order valence-electron chi connectivity index (χ0n) is 13.8. The summed E-state index contributed by atoms with van der Waals surface area (Å²) >= 11 is 0. The van der Waals surface area contributed by atoms with Crippen molar-refractivity contribution in [2.75, 3.05) is 18.6 Å². The smallest absolute Gasteiger partial charge is 0.229 e. The van der Waals surface area contributed by atoms with Crippen molar-refractivity contribution in [2.45, 2.75) is 44.6 Å². The molecule has 6 heteroatoms. The van der Waals surface area contributed by atoms with Crippen molar-refractivity contribution in [3.05, 3.63) is 29.5 Å². The van der Waals surface area contributed by atoms with Crippen molar-refractivity contribution >= 4 is 5.95 Å². The number of anilines is 1. The van der Waals surface area contributed by atoms with Crippen LogP contribution in [0, 0.1) is 0 Å². The Bertz CT molecular complexity index is 711. The van der Waals surface area contributed by atoms with Gasteiger partial charge in [0.1, 0.15) is 5.82 Å². The van der Waals surface area contributed by atoms with Crippen molar-refractivity contribution in [3.8, 4) is 5.88 Å². The Labute approximate surface area is 136 Å². The first-order valence-electron chi connectivity index (χ1n) is 8.46. The van der Waals surface area contributed by atoms with E-state index in [0.717, 1.165) is 38.2 Å². The molecule has 1 atom stereocenters. The molecule has 0 bridgehead atoms. The number of hydrogen-bond acceptors (Lipinski definition) is 5. The van der Waals surface area contributed by atoms with E-state index >= 15 is 0 Å². The van der Waals surface area contributed by atoms with Crippen LogP contribution in [0.15, 0.2) is 12.3 Å². The fourth-order valence-corrected chi connectivity index (χ4v) is 3.86. The number of aromatic nitrogens is 4. The lowest BCUT2D eigenvalue weighted by Crippen LogP contribution is -2.26. The van der Waals surface area contributed by atoms with E-state index in [9.17, 15) is 0 Å². The summed E-state index contributed by atoms with van der Waals surface area (Å²) in [5.74, 6) is 2.52. The van der Waals surface area contributed by atoms with Crippen molar-refractivity contribution < 1.29 is 4.74 Å². The summed E-state index contributed by atoms with van der Waals surface area (Å²) in [6.07, 6.45) is 8.82. The molecule has 1 aliphatic carbocycles. The van der Waals surface area contributed by atoms with Gasteiger partial charge >= 0.3 is 0 Å². The molecule has 0 amide bonds. The third-order valence-electron chi connectivity index (χ3n) is 5.04. The maximum absolute atomic E-state index is 5.25. The van der Waals surface area contributed by atoms with Crippen LogP contribution in [-0.4, -0.2) is 33.2 Å². The average Bonchev–Trinajstić information content (AvgIpc) is 3.20. The van der Waals surface area contributed by atoms with E-state index in [1.165, 1.54) is 30.1 Å². The molecule has 1 fully saturated rings. The Hall–Kier alpha value is -2.11. The number of hydrogen-bond donors (Lipinski definition) is 0. The summed E-state index contributed by atoms with van der Waals surface area (Å²) in [6, 6.07) is 2.05. The largest absolute Gasteiger partial charge is 0.481 e. The van der Waals surface area contributed by atoms with Gasteiger partial charge in [0.25, 0.3) is 0 Å². The highest BCUT2D eigenvalue weighted by Gasteiger charge is 2.33. The molecule has 1 unspecified atom stereocenters. The van der Waals surface area contributed by atoms with Crippen LogP contribution >= 0.6 is 0 Å². The lowest BCUT2D eigenvalue weighted by atomic mass is 10.0. The molecule has 23 heavy (non-hydrogen) atoms. The van der Waals surface area contributed by atoms with Crippen molar-refractivity contribution in [3.63, 3.8) is 0 Å². The minimum atomic E-state index is 0.262. The van der Waals surface area contributed by atoms with Crippen molar-refractivity contribution in [1.82, 2.24) is 19.5 Å². The van der Waals surface area contributed by atoms with E-state index < -0.39 is 0 Å². The van der Waals surface area contributed by atoms with E-state index in [1.807, 2.05) is 0 Å². The summed E-state index contributed by atoms with van der Waals surface area (Å²) in [7, 11) is 3.80. The second kappa shape index (κ2) is 5.83. The molecule has 3 heterocycles. The Balaban J connectivity index is 1.69. The monoisotopic (exact) mass is 313 g/mol. The zero-order chi connectivity index (χ0) is 15.8. The van der Waals surface area contributed by atoms with Crippen LogP contribution in [0.4, 0.5) is 5.95 Å². The molecule has 1 saturated heterocycles. The van der Waals surface area contributed by atoms with E-state index in [1.54, 1.807) is 19.4 Å². The molecule has 6 nitrogen and oxygen atoms in total. The Kier molecular flexibility index (Phi) is 3.67. The van der Waals surface area contributed by atoms with Gasteiger partial charge in [0.15, 0.2) is 0 Å². The number of rotatable bonds is 3. The highest BCUT2D eigenvalue weighted by molar-refractivity contribution is 5.38. The molecular weight excluding hydrogens is 290 g/mol. The first kappa shape index (κ1) is 14.5. The first-order chi connectivity index (χ1) is 11.3. The summed E-state index contributed by atoms with van der Waals surface area (Å²) in [4.78, 5) is 16.2. The van der Waals surface area contributed by atoms with E-state index in [-0.39, 0.29) is 6.04 Å². The van der Waals surface area contributed by atoms with Gasteiger partial charge in [-0.05, 0) is 38.5 Å². The fourth-order valence-electron chi connectivity index (χ4n) is 3.86. The third-order valence-corrected chi connectivity index (χ3v) is 5.04. The molecule has 0 N–H and O–H groups in total. The van der Waals surface area contributed by atoms with Crippen molar-refractivity contribution in [2.24, 2.45) is 7.05 Å². The molecule has 1 aliphatic heterocycles. The van der Waals surface area contributed by atoms with E-state index in [2.05, 4.69) is 26.5 Å². The minimum absolute atomic E-state index is 0.262. The predicted octanol–water partition coefficient (Wildman–Crippen LogP) is 2.44. The second-order valence-corrected chi connectivity index (χ2v) is 6.38. The lowest BCUT2D eigenvalue weighted by Gasteiger charge is -2.24. The molecule has 2 aromatic rings. The fraction of sp³-hybridized carbons (Fsp3) is 0.588.